The van der Waals surface area contributed by atoms with Crippen LogP contribution in [-0.4, -0.2) is 41.9 Å². The maximum Gasteiger partial charge on any atom is 0.306 e. The highest BCUT2D eigenvalue weighted by Gasteiger charge is 2.37. The minimum absolute atomic E-state index is 0.254. The summed E-state index contributed by atoms with van der Waals surface area (Å²) < 4.78 is 28.3. The average Bonchev–Trinajstić information content (AvgIpc) is 2.12. The van der Waals surface area contributed by atoms with Crippen LogP contribution in [0.3, 0.4) is 0 Å². The number of carboxylic acids is 1. The fourth-order valence-corrected chi connectivity index (χ4v) is 3.97. The Morgan fingerprint density at radius 2 is 1.94 bits per heavy atom. The highest BCUT2D eigenvalue weighted by Crippen LogP contribution is 2.25. The maximum atomic E-state index is 12.2. The summed E-state index contributed by atoms with van der Waals surface area (Å²) in [5.74, 6) is -1.29. The van der Waals surface area contributed by atoms with Crippen molar-refractivity contribution in [3.05, 3.63) is 0 Å². The molecule has 1 heterocycles. The fraction of sp³-hybridized carbons (Fsp3) is 0.909. The molecular formula is C11H22N2O4S. The lowest BCUT2D eigenvalue weighted by atomic mass is 9.93. The number of carbonyl (C=O) groups is 1. The van der Waals surface area contributed by atoms with Crippen LogP contribution in [-0.2, 0) is 15.0 Å². The van der Waals surface area contributed by atoms with Crippen LogP contribution in [0.2, 0.25) is 0 Å². The highest BCUT2D eigenvalue weighted by atomic mass is 32.2. The number of carboxylic acid groups (broad SMARTS) is 1. The van der Waals surface area contributed by atoms with E-state index in [2.05, 4.69) is 4.72 Å². The van der Waals surface area contributed by atoms with Crippen molar-refractivity contribution in [3.63, 3.8) is 0 Å². The van der Waals surface area contributed by atoms with Crippen molar-refractivity contribution in [2.45, 2.75) is 52.1 Å². The quantitative estimate of drug-likeness (QED) is 0.799. The number of rotatable bonds is 3. The predicted molar refractivity (Wildman–Crippen MR) is 68.3 cm³/mol. The van der Waals surface area contributed by atoms with E-state index in [9.17, 15) is 13.2 Å². The second kappa shape index (κ2) is 5.14. The molecule has 0 bridgehead atoms. The van der Waals surface area contributed by atoms with E-state index < -0.39 is 27.6 Å². The largest absolute Gasteiger partial charge is 0.481 e. The molecule has 0 spiro atoms. The summed E-state index contributed by atoms with van der Waals surface area (Å²) >= 11 is 0. The van der Waals surface area contributed by atoms with Crippen LogP contribution in [0.25, 0.3) is 0 Å². The zero-order chi connectivity index (χ0) is 14.1. The minimum Gasteiger partial charge on any atom is -0.481 e. The zero-order valence-electron chi connectivity index (χ0n) is 11.3. The molecule has 7 heteroatoms. The van der Waals surface area contributed by atoms with Crippen molar-refractivity contribution in [2.24, 2.45) is 5.92 Å². The van der Waals surface area contributed by atoms with Crippen LogP contribution >= 0.6 is 0 Å². The van der Waals surface area contributed by atoms with Crippen LogP contribution < -0.4 is 4.72 Å². The molecule has 0 aromatic heterocycles. The first-order valence-electron chi connectivity index (χ1n) is 6.06. The van der Waals surface area contributed by atoms with E-state index in [0.717, 1.165) is 0 Å². The van der Waals surface area contributed by atoms with Crippen LogP contribution in [0.15, 0.2) is 0 Å². The molecule has 0 aromatic carbocycles. The van der Waals surface area contributed by atoms with Crippen molar-refractivity contribution in [3.8, 4) is 0 Å². The van der Waals surface area contributed by atoms with Gasteiger partial charge in [0.05, 0.1) is 5.92 Å². The van der Waals surface area contributed by atoms with Gasteiger partial charge >= 0.3 is 5.97 Å². The Balaban J connectivity index is 2.78. The van der Waals surface area contributed by atoms with Crippen molar-refractivity contribution in [2.75, 3.05) is 6.54 Å². The second-order valence-electron chi connectivity index (χ2n) is 5.88. The molecular weight excluding hydrogens is 256 g/mol. The normalized spacial score (nSPS) is 27.1. The van der Waals surface area contributed by atoms with Gasteiger partial charge in [-0.3, -0.25) is 4.79 Å². The molecule has 0 aromatic rings. The fourth-order valence-electron chi connectivity index (χ4n) is 2.18. The van der Waals surface area contributed by atoms with Gasteiger partial charge in [-0.05, 0) is 40.5 Å². The molecule has 0 amide bonds. The molecule has 0 saturated carbocycles. The van der Waals surface area contributed by atoms with E-state index >= 15 is 0 Å². The van der Waals surface area contributed by atoms with Crippen molar-refractivity contribution in [1.29, 1.82) is 0 Å². The molecule has 1 fully saturated rings. The van der Waals surface area contributed by atoms with Crippen LogP contribution in [0, 0.1) is 5.92 Å². The summed E-state index contributed by atoms with van der Waals surface area (Å²) in [4.78, 5) is 10.9. The Morgan fingerprint density at radius 1 is 1.39 bits per heavy atom. The van der Waals surface area contributed by atoms with Gasteiger partial charge in [-0.2, -0.15) is 17.4 Å². The topological polar surface area (TPSA) is 86.7 Å². The molecule has 2 N–H and O–H groups in total. The summed E-state index contributed by atoms with van der Waals surface area (Å²) in [5, 5.41) is 8.95. The number of hydrogen-bond acceptors (Lipinski definition) is 3. The molecule has 0 radical (unpaired) electrons. The number of hydrogen-bond donors (Lipinski definition) is 2. The Labute approximate surface area is 109 Å². The Hall–Kier alpha value is -0.660. The van der Waals surface area contributed by atoms with Crippen LogP contribution in [0.5, 0.6) is 0 Å². The van der Waals surface area contributed by atoms with Gasteiger partial charge in [0.2, 0.25) is 0 Å². The first-order chi connectivity index (χ1) is 8.03. The smallest absolute Gasteiger partial charge is 0.306 e. The lowest BCUT2D eigenvalue weighted by Gasteiger charge is -2.36. The lowest BCUT2D eigenvalue weighted by Crippen LogP contribution is -2.54. The number of nitrogens with zero attached hydrogens (tertiary/aromatic N) is 1. The van der Waals surface area contributed by atoms with E-state index in [0.29, 0.717) is 12.8 Å². The first kappa shape index (κ1) is 15.4. The van der Waals surface area contributed by atoms with Crippen molar-refractivity contribution in [1.82, 2.24) is 9.03 Å². The monoisotopic (exact) mass is 278 g/mol. The molecule has 18 heavy (non-hydrogen) atoms. The molecule has 2 unspecified atom stereocenters. The van der Waals surface area contributed by atoms with Crippen LogP contribution in [0.4, 0.5) is 0 Å². The Bertz CT molecular complexity index is 413. The summed E-state index contributed by atoms with van der Waals surface area (Å²) in [6.07, 6.45) is 0.727. The van der Waals surface area contributed by atoms with Gasteiger partial charge in [0.25, 0.3) is 10.2 Å². The molecule has 1 aliphatic heterocycles. The molecule has 1 aliphatic rings. The number of aliphatic carboxylic acids is 1. The van der Waals surface area contributed by atoms with Gasteiger partial charge in [0.1, 0.15) is 0 Å². The standard InChI is InChI=1S/C11H22N2O4S/c1-8-7-9(10(14)15)5-6-13(8)18(16,17)12-11(2,3)4/h8-9,12H,5-7H2,1-4H3,(H,14,15). The van der Waals surface area contributed by atoms with Gasteiger partial charge in [0.15, 0.2) is 0 Å². The minimum atomic E-state index is -3.55. The first-order valence-corrected chi connectivity index (χ1v) is 7.50. The SMILES string of the molecule is CC1CC(C(=O)O)CCN1S(=O)(=O)NC(C)(C)C. The average molecular weight is 278 g/mol. The lowest BCUT2D eigenvalue weighted by molar-refractivity contribution is -0.143. The van der Waals surface area contributed by atoms with E-state index in [-0.39, 0.29) is 12.6 Å². The summed E-state index contributed by atoms with van der Waals surface area (Å²) in [7, 11) is -3.55. The molecule has 1 rings (SSSR count). The predicted octanol–water partition coefficient (Wildman–Crippen LogP) is 0.804. The van der Waals surface area contributed by atoms with E-state index in [1.54, 1.807) is 27.7 Å². The van der Waals surface area contributed by atoms with Crippen molar-refractivity contribution >= 4 is 16.2 Å². The summed E-state index contributed by atoms with van der Waals surface area (Å²) in [6.45, 7) is 7.33. The number of piperidine rings is 1. The highest BCUT2D eigenvalue weighted by molar-refractivity contribution is 7.87. The number of nitrogens with one attached hydrogen (secondary N) is 1. The van der Waals surface area contributed by atoms with Gasteiger partial charge in [-0.15, -0.1) is 0 Å². The van der Waals surface area contributed by atoms with Gasteiger partial charge in [-0.25, -0.2) is 0 Å². The van der Waals surface area contributed by atoms with Crippen LogP contribution in [0.1, 0.15) is 40.5 Å². The van der Waals surface area contributed by atoms with E-state index in [4.69, 9.17) is 5.11 Å². The maximum absolute atomic E-state index is 12.2. The van der Waals surface area contributed by atoms with E-state index in [1.807, 2.05) is 0 Å². The second-order valence-corrected chi connectivity index (χ2v) is 7.50. The van der Waals surface area contributed by atoms with Gasteiger partial charge in [-0.1, -0.05) is 0 Å². The van der Waals surface area contributed by atoms with E-state index in [1.165, 1.54) is 4.31 Å². The van der Waals surface area contributed by atoms with Gasteiger partial charge in [0, 0.05) is 18.1 Å². The van der Waals surface area contributed by atoms with Gasteiger partial charge < -0.3 is 5.11 Å². The van der Waals surface area contributed by atoms with Crippen molar-refractivity contribution < 1.29 is 18.3 Å². The Morgan fingerprint density at radius 3 is 2.33 bits per heavy atom. The molecule has 6 nitrogen and oxygen atoms in total. The molecule has 0 aliphatic carbocycles. The summed E-state index contributed by atoms with van der Waals surface area (Å²) in [5.41, 5.74) is -0.539. The molecule has 106 valence electrons. The third-order valence-electron chi connectivity index (χ3n) is 2.91. The summed E-state index contributed by atoms with van der Waals surface area (Å²) in [6, 6.07) is -0.292. The Kier molecular flexibility index (Phi) is 4.40. The third-order valence-corrected chi connectivity index (χ3v) is 4.94. The third kappa shape index (κ3) is 3.93. The molecule has 1 saturated heterocycles. The zero-order valence-corrected chi connectivity index (χ0v) is 12.1. The molecule has 2 atom stereocenters.